The summed E-state index contributed by atoms with van der Waals surface area (Å²) in [5.74, 6) is 1.06. The Morgan fingerprint density at radius 3 is 1.68 bits per heavy atom. The molecule has 0 aliphatic rings. The van der Waals surface area contributed by atoms with E-state index >= 15 is 0 Å². The summed E-state index contributed by atoms with van der Waals surface area (Å²) in [6.45, 7) is 5.23. The van der Waals surface area contributed by atoms with Crippen molar-refractivity contribution in [3.63, 3.8) is 0 Å². The van der Waals surface area contributed by atoms with Crippen molar-refractivity contribution >= 4 is 5.97 Å². The lowest BCUT2D eigenvalue weighted by atomic mass is 10.0. The van der Waals surface area contributed by atoms with Crippen molar-refractivity contribution in [2.75, 3.05) is 6.61 Å². The maximum absolute atomic E-state index is 12.5. The number of aryl methyl sites for hydroxylation is 1. The molecule has 0 atom stereocenters. The van der Waals surface area contributed by atoms with Crippen LogP contribution in [0.2, 0.25) is 0 Å². The molecule has 2 rings (SSSR count). The topological polar surface area (TPSA) is 35.5 Å². The van der Waals surface area contributed by atoms with Crippen molar-refractivity contribution in [2.24, 2.45) is 0 Å². The molecule has 0 unspecified atom stereocenters. The fourth-order valence-corrected chi connectivity index (χ4v) is 4.11. The normalized spacial score (nSPS) is 10.9. The van der Waals surface area contributed by atoms with E-state index in [1.165, 1.54) is 89.0 Å². The average molecular weight is 467 g/mol. The molecule has 0 radical (unpaired) electrons. The van der Waals surface area contributed by atoms with Gasteiger partial charge >= 0.3 is 5.97 Å². The van der Waals surface area contributed by atoms with Gasteiger partial charge in [-0.3, -0.25) is 0 Å². The number of carbonyl (C=O) groups is 1. The Labute approximate surface area is 208 Å². The molecular formula is C31H46O3. The number of rotatable bonds is 19. The molecule has 2 aromatic carbocycles. The van der Waals surface area contributed by atoms with Crippen LogP contribution in [0.1, 0.15) is 120 Å². The van der Waals surface area contributed by atoms with Crippen molar-refractivity contribution in [1.29, 1.82) is 0 Å². The summed E-state index contributed by atoms with van der Waals surface area (Å²) in [5, 5.41) is 0. The zero-order valence-corrected chi connectivity index (χ0v) is 21.7. The Balaban J connectivity index is 1.62. The van der Waals surface area contributed by atoms with Gasteiger partial charge in [0.2, 0.25) is 0 Å². The third-order valence-electron chi connectivity index (χ3n) is 6.31. The maximum Gasteiger partial charge on any atom is 0.343 e. The van der Waals surface area contributed by atoms with Crippen LogP contribution in [0.3, 0.4) is 0 Å². The second-order valence-corrected chi connectivity index (χ2v) is 9.40. The summed E-state index contributed by atoms with van der Waals surface area (Å²) in [6.07, 6.45) is 19.2. The lowest BCUT2D eigenvalue weighted by Crippen LogP contribution is -2.08. The fourth-order valence-electron chi connectivity index (χ4n) is 4.11. The predicted molar refractivity (Wildman–Crippen MR) is 143 cm³/mol. The van der Waals surface area contributed by atoms with Crippen LogP contribution in [0.25, 0.3) is 0 Å². The van der Waals surface area contributed by atoms with Crippen molar-refractivity contribution in [2.45, 2.75) is 110 Å². The minimum absolute atomic E-state index is 0.335. The Morgan fingerprint density at radius 1 is 0.588 bits per heavy atom. The second kappa shape index (κ2) is 18.1. The molecule has 34 heavy (non-hydrogen) atoms. The van der Waals surface area contributed by atoms with Gasteiger partial charge in [0.25, 0.3) is 0 Å². The van der Waals surface area contributed by atoms with E-state index in [4.69, 9.17) is 9.47 Å². The molecule has 0 aromatic heterocycles. The fraction of sp³-hybridized carbons (Fsp3) is 0.581. The highest BCUT2D eigenvalue weighted by Gasteiger charge is 2.09. The molecule has 0 aliphatic heterocycles. The van der Waals surface area contributed by atoms with Gasteiger partial charge in [-0.15, -0.1) is 0 Å². The Bertz CT molecular complexity index is 764. The SMILES string of the molecule is CCCCCCCCCCOc1ccc(C(=O)Oc2ccc(CCCCCCCC)cc2)cc1. The van der Waals surface area contributed by atoms with E-state index in [-0.39, 0.29) is 5.97 Å². The zero-order valence-electron chi connectivity index (χ0n) is 21.7. The summed E-state index contributed by atoms with van der Waals surface area (Å²) in [4.78, 5) is 12.5. The molecule has 0 bridgehead atoms. The van der Waals surface area contributed by atoms with Crippen LogP contribution in [0, 0.1) is 0 Å². The molecule has 0 amide bonds. The Hall–Kier alpha value is -2.29. The molecule has 3 nitrogen and oxygen atoms in total. The van der Waals surface area contributed by atoms with E-state index in [9.17, 15) is 4.79 Å². The smallest absolute Gasteiger partial charge is 0.343 e. The first-order valence-corrected chi connectivity index (χ1v) is 13.8. The summed E-state index contributed by atoms with van der Waals surface area (Å²) in [7, 11) is 0. The van der Waals surface area contributed by atoms with Crippen LogP contribution in [-0.4, -0.2) is 12.6 Å². The highest BCUT2D eigenvalue weighted by Crippen LogP contribution is 2.18. The molecule has 0 fully saturated rings. The predicted octanol–water partition coefficient (Wildman–Crippen LogP) is 9.33. The summed E-state index contributed by atoms with van der Waals surface area (Å²) in [6, 6.07) is 15.2. The standard InChI is InChI=1S/C31H46O3/c1-3-5-7-9-11-12-14-16-26-33-29-24-20-28(21-25-29)31(32)34-30-22-18-27(19-23-30)17-15-13-10-8-6-4-2/h18-25H,3-17,26H2,1-2H3. The number of unbranched alkanes of at least 4 members (excludes halogenated alkanes) is 12. The minimum Gasteiger partial charge on any atom is -0.494 e. The number of hydrogen-bond acceptors (Lipinski definition) is 3. The van der Waals surface area contributed by atoms with Gasteiger partial charge < -0.3 is 9.47 Å². The number of benzene rings is 2. The van der Waals surface area contributed by atoms with Crippen LogP contribution in [0.5, 0.6) is 11.5 Å². The van der Waals surface area contributed by atoms with E-state index < -0.39 is 0 Å². The number of carbonyl (C=O) groups excluding carboxylic acids is 1. The first kappa shape index (κ1) is 28.0. The lowest BCUT2D eigenvalue weighted by Gasteiger charge is -2.08. The molecule has 0 N–H and O–H groups in total. The van der Waals surface area contributed by atoms with Gasteiger partial charge in [0.05, 0.1) is 12.2 Å². The van der Waals surface area contributed by atoms with Gasteiger partial charge in [-0.05, 0) is 61.2 Å². The van der Waals surface area contributed by atoms with Crippen LogP contribution in [0.4, 0.5) is 0 Å². The van der Waals surface area contributed by atoms with Crippen molar-refractivity contribution in [1.82, 2.24) is 0 Å². The highest BCUT2D eigenvalue weighted by molar-refractivity contribution is 5.91. The quantitative estimate of drug-likeness (QED) is 0.117. The third kappa shape index (κ3) is 12.3. The van der Waals surface area contributed by atoms with Gasteiger partial charge in [0.15, 0.2) is 0 Å². The highest BCUT2D eigenvalue weighted by atomic mass is 16.5. The zero-order chi connectivity index (χ0) is 24.3. The molecule has 3 heteroatoms. The van der Waals surface area contributed by atoms with Gasteiger partial charge in [0, 0.05) is 0 Å². The average Bonchev–Trinajstić information content (AvgIpc) is 2.86. The molecule has 188 valence electrons. The molecule has 2 aromatic rings. The maximum atomic E-state index is 12.5. The van der Waals surface area contributed by atoms with Crippen molar-refractivity contribution < 1.29 is 14.3 Å². The van der Waals surface area contributed by atoms with E-state index in [0.717, 1.165) is 25.2 Å². The molecule has 0 saturated carbocycles. The van der Waals surface area contributed by atoms with Gasteiger partial charge in [0.1, 0.15) is 11.5 Å². The number of esters is 1. The first-order chi connectivity index (χ1) is 16.7. The summed E-state index contributed by atoms with van der Waals surface area (Å²) < 4.78 is 11.4. The van der Waals surface area contributed by atoms with E-state index in [0.29, 0.717) is 11.3 Å². The van der Waals surface area contributed by atoms with Crippen molar-refractivity contribution in [3.05, 3.63) is 59.7 Å². The van der Waals surface area contributed by atoms with Crippen LogP contribution in [-0.2, 0) is 6.42 Å². The van der Waals surface area contributed by atoms with Crippen molar-refractivity contribution in [3.8, 4) is 11.5 Å². The van der Waals surface area contributed by atoms with E-state index in [2.05, 4.69) is 26.0 Å². The molecule has 0 spiro atoms. The van der Waals surface area contributed by atoms with E-state index in [1.807, 2.05) is 24.3 Å². The van der Waals surface area contributed by atoms with Crippen LogP contribution in [0.15, 0.2) is 48.5 Å². The Kier molecular flexibility index (Phi) is 14.9. The summed E-state index contributed by atoms with van der Waals surface area (Å²) in [5.41, 5.74) is 1.84. The Morgan fingerprint density at radius 2 is 1.09 bits per heavy atom. The molecule has 0 aliphatic carbocycles. The second-order valence-electron chi connectivity index (χ2n) is 9.40. The molecular weight excluding hydrogens is 420 g/mol. The molecule has 0 saturated heterocycles. The lowest BCUT2D eigenvalue weighted by molar-refractivity contribution is 0.0734. The number of hydrogen-bond donors (Lipinski definition) is 0. The van der Waals surface area contributed by atoms with Gasteiger partial charge in [-0.25, -0.2) is 4.79 Å². The minimum atomic E-state index is -0.335. The molecule has 0 heterocycles. The third-order valence-corrected chi connectivity index (χ3v) is 6.31. The number of ether oxygens (including phenoxy) is 2. The first-order valence-electron chi connectivity index (χ1n) is 13.8. The van der Waals surface area contributed by atoms with E-state index in [1.54, 1.807) is 12.1 Å². The van der Waals surface area contributed by atoms with Gasteiger partial charge in [-0.1, -0.05) is 103 Å². The summed E-state index contributed by atoms with van der Waals surface area (Å²) >= 11 is 0. The monoisotopic (exact) mass is 466 g/mol. The largest absolute Gasteiger partial charge is 0.494 e. The van der Waals surface area contributed by atoms with Gasteiger partial charge in [-0.2, -0.15) is 0 Å². The van der Waals surface area contributed by atoms with Crippen LogP contribution >= 0.6 is 0 Å². The van der Waals surface area contributed by atoms with Crippen LogP contribution < -0.4 is 9.47 Å².